The molecule has 18 heavy (non-hydrogen) atoms. The van der Waals surface area contributed by atoms with Crippen molar-refractivity contribution in [1.29, 1.82) is 0 Å². The second kappa shape index (κ2) is 5.53. The Morgan fingerprint density at radius 2 is 2.22 bits per heavy atom. The summed E-state index contributed by atoms with van der Waals surface area (Å²) in [6.45, 7) is 6.98. The van der Waals surface area contributed by atoms with Crippen LogP contribution >= 0.6 is 0 Å². The van der Waals surface area contributed by atoms with Gasteiger partial charge in [0.15, 0.2) is 0 Å². The highest BCUT2D eigenvalue weighted by Gasteiger charge is 2.20. The first-order valence-electron chi connectivity index (χ1n) is 6.61. The van der Waals surface area contributed by atoms with E-state index in [0.717, 1.165) is 36.3 Å². The molecule has 98 valence electrons. The molecule has 1 N–H and O–H groups in total. The van der Waals surface area contributed by atoms with E-state index in [9.17, 15) is 4.79 Å². The van der Waals surface area contributed by atoms with Crippen LogP contribution in [0, 0.1) is 19.8 Å². The molecule has 1 saturated heterocycles. The molecule has 1 amide bonds. The smallest absolute Gasteiger partial charge is 0.253 e. The summed E-state index contributed by atoms with van der Waals surface area (Å²) in [4.78, 5) is 14.3. The molecular weight excluding hydrogens is 224 g/mol. The predicted octanol–water partition coefficient (Wildman–Crippen LogP) is 1.98. The summed E-state index contributed by atoms with van der Waals surface area (Å²) in [5, 5.41) is 3.34. The maximum absolute atomic E-state index is 12.4. The molecule has 1 aromatic carbocycles. The molecule has 0 bridgehead atoms. The van der Waals surface area contributed by atoms with E-state index in [4.69, 9.17) is 0 Å². The monoisotopic (exact) mass is 246 g/mol. The van der Waals surface area contributed by atoms with Gasteiger partial charge in [-0.2, -0.15) is 0 Å². The molecule has 0 aromatic heterocycles. The van der Waals surface area contributed by atoms with Crippen molar-refractivity contribution in [2.75, 3.05) is 26.7 Å². The summed E-state index contributed by atoms with van der Waals surface area (Å²) >= 11 is 0. The first-order valence-corrected chi connectivity index (χ1v) is 6.61. The molecule has 1 aliphatic heterocycles. The van der Waals surface area contributed by atoms with Crippen LogP contribution in [-0.4, -0.2) is 37.5 Å². The van der Waals surface area contributed by atoms with E-state index in [0.29, 0.717) is 5.92 Å². The lowest BCUT2D eigenvalue weighted by Crippen LogP contribution is -2.33. The number of carbonyl (C=O) groups excluding carboxylic acids is 1. The molecule has 1 heterocycles. The van der Waals surface area contributed by atoms with Crippen LogP contribution in [0.5, 0.6) is 0 Å². The number of hydrogen-bond donors (Lipinski definition) is 1. The fourth-order valence-corrected chi connectivity index (χ4v) is 2.51. The Hall–Kier alpha value is -1.35. The standard InChI is InChI=1S/C15H22N2O/c1-11-4-5-12(2)14(8-11)15(18)17(3)10-13-6-7-16-9-13/h4-5,8,13,16H,6-7,9-10H2,1-3H3. The Balaban J connectivity index is 2.07. The fourth-order valence-electron chi connectivity index (χ4n) is 2.51. The molecular formula is C15H22N2O. The highest BCUT2D eigenvalue weighted by Crippen LogP contribution is 2.15. The average molecular weight is 246 g/mol. The first kappa shape index (κ1) is 13.1. The number of rotatable bonds is 3. The summed E-state index contributed by atoms with van der Waals surface area (Å²) < 4.78 is 0. The van der Waals surface area contributed by atoms with Crippen LogP contribution in [0.1, 0.15) is 27.9 Å². The lowest BCUT2D eigenvalue weighted by Gasteiger charge is -2.21. The van der Waals surface area contributed by atoms with Gasteiger partial charge in [0.25, 0.3) is 5.91 Å². The quantitative estimate of drug-likeness (QED) is 0.884. The highest BCUT2D eigenvalue weighted by atomic mass is 16.2. The molecule has 3 nitrogen and oxygen atoms in total. The number of nitrogens with zero attached hydrogens (tertiary/aromatic N) is 1. The maximum atomic E-state index is 12.4. The number of hydrogen-bond acceptors (Lipinski definition) is 2. The van der Waals surface area contributed by atoms with Crippen molar-refractivity contribution in [1.82, 2.24) is 10.2 Å². The molecule has 0 saturated carbocycles. The van der Waals surface area contributed by atoms with Gasteiger partial charge in [-0.1, -0.05) is 17.7 Å². The summed E-state index contributed by atoms with van der Waals surface area (Å²) in [6.07, 6.45) is 1.17. The minimum Gasteiger partial charge on any atom is -0.341 e. The Morgan fingerprint density at radius 1 is 1.44 bits per heavy atom. The van der Waals surface area contributed by atoms with Gasteiger partial charge in [-0.05, 0) is 50.9 Å². The number of nitrogens with one attached hydrogen (secondary N) is 1. The van der Waals surface area contributed by atoms with Crippen LogP contribution in [0.4, 0.5) is 0 Å². The van der Waals surface area contributed by atoms with Crippen molar-refractivity contribution in [2.45, 2.75) is 20.3 Å². The van der Waals surface area contributed by atoms with Gasteiger partial charge in [-0.15, -0.1) is 0 Å². The molecule has 3 heteroatoms. The second-order valence-electron chi connectivity index (χ2n) is 5.36. The molecule has 1 atom stereocenters. The number of amides is 1. The van der Waals surface area contributed by atoms with Crippen LogP contribution in [0.3, 0.4) is 0 Å². The Kier molecular flexibility index (Phi) is 4.02. The van der Waals surface area contributed by atoms with E-state index in [-0.39, 0.29) is 5.91 Å². The summed E-state index contributed by atoms with van der Waals surface area (Å²) in [5.74, 6) is 0.743. The van der Waals surface area contributed by atoms with Crippen molar-refractivity contribution in [2.24, 2.45) is 5.92 Å². The molecule has 0 radical (unpaired) electrons. The van der Waals surface area contributed by atoms with Gasteiger partial charge < -0.3 is 10.2 Å². The van der Waals surface area contributed by atoms with E-state index in [1.807, 2.05) is 44.0 Å². The Morgan fingerprint density at radius 3 is 2.89 bits per heavy atom. The molecule has 2 rings (SSSR count). The average Bonchev–Trinajstić information content (AvgIpc) is 2.84. The largest absolute Gasteiger partial charge is 0.341 e. The summed E-state index contributed by atoms with van der Waals surface area (Å²) in [7, 11) is 1.91. The van der Waals surface area contributed by atoms with Crippen LogP contribution in [0.2, 0.25) is 0 Å². The van der Waals surface area contributed by atoms with Gasteiger partial charge in [0, 0.05) is 19.2 Å². The van der Waals surface area contributed by atoms with Gasteiger partial charge in [-0.3, -0.25) is 4.79 Å². The van der Waals surface area contributed by atoms with Gasteiger partial charge in [-0.25, -0.2) is 0 Å². The van der Waals surface area contributed by atoms with Gasteiger partial charge in [0.05, 0.1) is 0 Å². The van der Waals surface area contributed by atoms with E-state index in [1.165, 1.54) is 6.42 Å². The molecule has 1 fully saturated rings. The zero-order chi connectivity index (χ0) is 13.1. The van der Waals surface area contributed by atoms with Crippen LogP contribution in [0.25, 0.3) is 0 Å². The Labute approximate surface area is 109 Å². The highest BCUT2D eigenvalue weighted by molar-refractivity contribution is 5.95. The minimum absolute atomic E-state index is 0.142. The van der Waals surface area contributed by atoms with Crippen molar-refractivity contribution < 1.29 is 4.79 Å². The van der Waals surface area contributed by atoms with Crippen LogP contribution < -0.4 is 5.32 Å². The van der Waals surface area contributed by atoms with Crippen molar-refractivity contribution in [3.8, 4) is 0 Å². The van der Waals surface area contributed by atoms with Gasteiger partial charge in [0.2, 0.25) is 0 Å². The van der Waals surface area contributed by atoms with Crippen LogP contribution in [-0.2, 0) is 0 Å². The lowest BCUT2D eigenvalue weighted by molar-refractivity contribution is 0.0775. The summed E-state index contributed by atoms with van der Waals surface area (Å²) in [6, 6.07) is 6.06. The van der Waals surface area contributed by atoms with Crippen molar-refractivity contribution >= 4 is 5.91 Å². The number of carbonyl (C=O) groups is 1. The van der Waals surface area contributed by atoms with E-state index in [1.54, 1.807) is 0 Å². The molecule has 1 unspecified atom stereocenters. The SMILES string of the molecule is Cc1ccc(C)c(C(=O)N(C)CC2CCNC2)c1. The van der Waals surface area contributed by atoms with Crippen LogP contribution in [0.15, 0.2) is 18.2 Å². The third kappa shape index (κ3) is 2.91. The van der Waals surface area contributed by atoms with Gasteiger partial charge >= 0.3 is 0 Å². The van der Waals surface area contributed by atoms with E-state index < -0.39 is 0 Å². The predicted molar refractivity (Wildman–Crippen MR) is 73.9 cm³/mol. The lowest BCUT2D eigenvalue weighted by atomic mass is 10.0. The fraction of sp³-hybridized carbons (Fsp3) is 0.533. The molecule has 0 aliphatic carbocycles. The van der Waals surface area contributed by atoms with Crippen molar-refractivity contribution in [3.05, 3.63) is 34.9 Å². The first-order chi connectivity index (χ1) is 8.58. The minimum atomic E-state index is 0.142. The normalized spacial score (nSPS) is 18.9. The summed E-state index contributed by atoms with van der Waals surface area (Å²) in [5.41, 5.74) is 3.03. The van der Waals surface area contributed by atoms with E-state index in [2.05, 4.69) is 5.32 Å². The molecule has 1 aromatic rings. The number of benzene rings is 1. The third-order valence-electron chi connectivity index (χ3n) is 3.66. The van der Waals surface area contributed by atoms with E-state index >= 15 is 0 Å². The molecule has 1 aliphatic rings. The Bertz CT molecular complexity index is 436. The number of aryl methyl sites for hydroxylation is 2. The zero-order valence-electron chi connectivity index (χ0n) is 11.5. The maximum Gasteiger partial charge on any atom is 0.253 e. The van der Waals surface area contributed by atoms with Crippen molar-refractivity contribution in [3.63, 3.8) is 0 Å². The third-order valence-corrected chi connectivity index (χ3v) is 3.66. The topological polar surface area (TPSA) is 32.3 Å². The van der Waals surface area contributed by atoms with Gasteiger partial charge in [0.1, 0.15) is 0 Å². The zero-order valence-corrected chi connectivity index (χ0v) is 11.5. The second-order valence-corrected chi connectivity index (χ2v) is 5.36. The molecule has 0 spiro atoms.